The van der Waals surface area contributed by atoms with Gasteiger partial charge in [-0.15, -0.1) is 0 Å². The van der Waals surface area contributed by atoms with Gasteiger partial charge in [0, 0.05) is 11.1 Å². The summed E-state index contributed by atoms with van der Waals surface area (Å²) >= 11 is 0. The molecule has 0 bridgehead atoms. The minimum Gasteiger partial charge on any atom is -0.504 e. The molecule has 0 saturated heterocycles. The molecule has 0 radical (unpaired) electrons. The second-order valence-electron chi connectivity index (χ2n) is 7.68. The van der Waals surface area contributed by atoms with E-state index in [4.69, 9.17) is 4.74 Å². The molecule has 0 atom stereocenters. The third kappa shape index (κ3) is 7.27. The van der Waals surface area contributed by atoms with E-state index in [9.17, 15) is 10.2 Å². The van der Waals surface area contributed by atoms with E-state index in [1.165, 1.54) is 18.4 Å². The summed E-state index contributed by atoms with van der Waals surface area (Å²) in [7, 11) is 0. The zero-order valence-corrected chi connectivity index (χ0v) is 18.2. The maximum absolute atomic E-state index is 10.7. The normalized spacial score (nSPS) is 11.1. The Morgan fingerprint density at radius 1 is 0.556 bits per heavy atom. The van der Waals surface area contributed by atoms with E-state index in [2.05, 4.69) is 27.7 Å². The summed E-state index contributed by atoms with van der Waals surface area (Å²) in [6, 6.07) is 0. The predicted molar refractivity (Wildman–Crippen MR) is 115 cm³/mol. The smallest absolute Gasteiger partial charge is 0.201 e. The number of aromatic hydroxyl groups is 2. The Hall–Kier alpha value is -1.38. The van der Waals surface area contributed by atoms with Gasteiger partial charge in [-0.1, -0.05) is 66.2 Å². The average molecular weight is 379 g/mol. The van der Waals surface area contributed by atoms with Gasteiger partial charge in [0.05, 0.1) is 6.61 Å². The molecule has 0 heterocycles. The summed E-state index contributed by atoms with van der Waals surface area (Å²) in [5.74, 6) is 0.560. The Balaban J connectivity index is 3.25. The van der Waals surface area contributed by atoms with Crippen LogP contribution in [-0.2, 0) is 19.3 Å². The molecule has 1 aromatic rings. The summed E-state index contributed by atoms with van der Waals surface area (Å²) < 4.78 is 6.06. The highest BCUT2D eigenvalue weighted by Crippen LogP contribution is 2.46. The van der Waals surface area contributed by atoms with Gasteiger partial charge in [0.25, 0.3) is 0 Å². The Morgan fingerprint density at radius 3 is 1.63 bits per heavy atom. The summed E-state index contributed by atoms with van der Waals surface area (Å²) in [6.07, 6.45) is 13.7. The molecule has 0 saturated carbocycles. The largest absolute Gasteiger partial charge is 0.504 e. The van der Waals surface area contributed by atoms with Crippen LogP contribution in [0, 0.1) is 0 Å². The molecule has 0 amide bonds. The highest BCUT2D eigenvalue weighted by Gasteiger charge is 2.23. The lowest BCUT2D eigenvalue weighted by atomic mass is 9.89. The monoisotopic (exact) mass is 378 g/mol. The Bertz CT molecular complexity index is 537. The second-order valence-corrected chi connectivity index (χ2v) is 7.68. The van der Waals surface area contributed by atoms with E-state index in [-0.39, 0.29) is 11.5 Å². The lowest BCUT2D eigenvalue weighted by molar-refractivity contribution is 0.279. The molecule has 0 aromatic heterocycles. The molecule has 3 nitrogen and oxygen atoms in total. The van der Waals surface area contributed by atoms with Crippen LogP contribution >= 0.6 is 0 Å². The van der Waals surface area contributed by atoms with Crippen molar-refractivity contribution in [1.29, 1.82) is 0 Å². The molecule has 0 aliphatic carbocycles. The molecule has 1 rings (SSSR count). The van der Waals surface area contributed by atoms with E-state index in [0.717, 1.165) is 81.8 Å². The topological polar surface area (TPSA) is 49.7 Å². The first-order valence-corrected chi connectivity index (χ1v) is 11.3. The van der Waals surface area contributed by atoms with Crippen LogP contribution in [-0.4, -0.2) is 16.8 Å². The van der Waals surface area contributed by atoms with Gasteiger partial charge in [-0.3, -0.25) is 0 Å². The molecular weight excluding hydrogens is 336 g/mol. The van der Waals surface area contributed by atoms with Crippen molar-refractivity contribution in [3.63, 3.8) is 0 Å². The van der Waals surface area contributed by atoms with E-state index in [1.54, 1.807) is 0 Å². The molecule has 0 fully saturated rings. The van der Waals surface area contributed by atoms with Crippen LogP contribution in [0.25, 0.3) is 0 Å². The number of ether oxygens (including phenoxy) is 1. The van der Waals surface area contributed by atoms with Crippen molar-refractivity contribution in [2.45, 2.75) is 111 Å². The highest BCUT2D eigenvalue weighted by atomic mass is 16.5. The van der Waals surface area contributed by atoms with Crippen molar-refractivity contribution in [3.05, 3.63) is 16.7 Å². The molecule has 2 N–H and O–H groups in total. The third-order valence-corrected chi connectivity index (χ3v) is 5.31. The fraction of sp³-hybridized carbons (Fsp3) is 0.750. The minimum atomic E-state index is -0.0389. The van der Waals surface area contributed by atoms with Crippen molar-refractivity contribution in [1.82, 2.24) is 0 Å². The number of phenolic OH excluding ortho intramolecular Hbond substituents is 2. The number of hydrogen-bond donors (Lipinski definition) is 2. The van der Waals surface area contributed by atoms with Gasteiger partial charge < -0.3 is 14.9 Å². The Kier molecular flexibility index (Phi) is 12.0. The summed E-state index contributed by atoms with van der Waals surface area (Å²) in [5, 5.41) is 21.5. The molecule has 0 unspecified atom stereocenters. The van der Waals surface area contributed by atoms with Crippen LogP contribution in [0.15, 0.2) is 0 Å². The van der Waals surface area contributed by atoms with Crippen LogP contribution < -0.4 is 4.74 Å². The SMILES string of the molecule is CCCCCCOc1c(O)c(O)c(CCCC)c(CCCC)c1CCCC. The van der Waals surface area contributed by atoms with Crippen molar-refractivity contribution >= 4 is 0 Å². The molecule has 27 heavy (non-hydrogen) atoms. The van der Waals surface area contributed by atoms with Gasteiger partial charge >= 0.3 is 0 Å². The van der Waals surface area contributed by atoms with Gasteiger partial charge in [0.2, 0.25) is 5.75 Å². The number of unbranched alkanes of at least 4 members (excludes halogenated alkanes) is 6. The predicted octanol–water partition coefficient (Wildman–Crippen LogP) is 7.08. The molecule has 0 spiro atoms. The maximum atomic E-state index is 10.7. The second kappa shape index (κ2) is 13.7. The highest BCUT2D eigenvalue weighted by molar-refractivity contribution is 5.62. The van der Waals surface area contributed by atoms with E-state index in [0.29, 0.717) is 12.4 Å². The molecule has 3 heteroatoms. The molecular formula is C24H42O3. The van der Waals surface area contributed by atoms with Crippen molar-refractivity contribution in [2.75, 3.05) is 6.61 Å². The van der Waals surface area contributed by atoms with Gasteiger partial charge in [-0.2, -0.15) is 0 Å². The molecule has 156 valence electrons. The van der Waals surface area contributed by atoms with E-state index < -0.39 is 0 Å². The first-order valence-electron chi connectivity index (χ1n) is 11.3. The number of hydrogen-bond acceptors (Lipinski definition) is 3. The summed E-state index contributed by atoms with van der Waals surface area (Å²) in [6.45, 7) is 9.35. The maximum Gasteiger partial charge on any atom is 0.201 e. The number of phenols is 2. The van der Waals surface area contributed by atoms with Gasteiger partial charge in [0.15, 0.2) is 11.5 Å². The van der Waals surface area contributed by atoms with E-state index >= 15 is 0 Å². The zero-order chi connectivity index (χ0) is 20.1. The van der Waals surface area contributed by atoms with Crippen LogP contribution in [0.4, 0.5) is 0 Å². The van der Waals surface area contributed by atoms with E-state index in [1.807, 2.05) is 0 Å². The first-order chi connectivity index (χ1) is 13.1. The molecule has 1 aromatic carbocycles. The molecule has 0 aliphatic rings. The van der Waals surface area contributed by atoms with Crippen molar-refractivity contribution < 1.29 is 14.9 Å². The van der Waals surface area contributed by atoms with Crippen molar-refractivity contribution in [2.24, 2.45) is 0 Å². The average Bonchev–Trinajstić information content (AvgIpc) is 2.67. The lowest BCUT2D eigenvalue weighted by Crippen LogP contribution is -2.08. The summed E-state index contributed by atoms with van der Waals surface area (Å²) in [4.78, 5) is 0. The fourth-order valence-electron chi connectivity index (χ4n) is 3.61. The van der Waals surface area contributed by atoms with Crippen LogP contribution in [0.2, 0.25) is 0 Å². The van der Waals surface area contributed by atoms with Crippen LogP contribution in [0.1, 0.15) is 109 Å². The first kappa shape index (κ1) is 23.7. The third-order valence-electron chi connectivity index (χ3n) is 5.31. The number of benzene rings is 1. The Morgan fingerprint density at radius 2 is 1.07 bits per heavy atom. The fourth-order valence-corrected chi connectivity index (χ4v) is 3.61. The number of rotatable bonds is 15. The molecule has 0 aliphatic heterocycles. The van der Waals surface area contributed by atoms with Crippen LogP contribution in [0.3, 0.4) is 0 Å². The van der Waals surface area contributed by atoms with Gasteiger partial charge in [-0.05, 0) is 50.5 Å². The minimum absolute atomic E-state index is 0.0389. The van der Waals surface area contributed by atoms with Gasteiger partial charge in [0.1, 0.15) is 0 Å². The van der Waals surface area contributed by atoms with Crippen molar-refractivity contribution in [3.8, 4) is 17.2 Å². The Labute approximate surface area is 167 Å². The zero-order valence-electron chi connectivity index (χ0n) is 18.2. The summed E-state index contributed by atoms with van der Waals surface area (Å²) in [5.41, 5.74) is 3.33. The quantitative estimate of drug-likeness (QED) is 0.253. The standard InChI is InChI=1S/C24H42O3/c1-5-9-13-14-18-27-24-21(17-12-8-4)19(15-10-6-2)20(16-11-7-3)22(25)23(24)26/h25-26H,5-18H2,1-4H3. The lowest BCUT2D eigenvalue weighted by Gasteiger charge is -2.22. The van der Waals surface area contributed by atoms with Gasteiger partial charge in [-0.25, -0.2) is 0 Å². The van der Waals surface area contributed by atoms with Crippen LogP contribution in [0.5, 0.6) is 17.2 Å².